The smallest absolute Gasteiger partial charge is 0.311 e. The van der Waals surface area contributed by atoms with Crippen LogP contribution in [-0.4, -0.2) is 36.5 Å². The third kappa shape index (κ3) is 1.02. The van der Waals surface area contributed by atoms with Crippen molar-refractivity contribution in [1.29, 1.82) is 0 Å². The number of carbonyl (C=O) groups is 1. The van der Waals surface area contributed by atoms with E-state index in [1.807, 2.05) is 6.92 Å². The zero-order chi connectivity index (χ0) is 9.64. The van der Waals surface area contributed by atoms with E-state index >= 15 is 0 Å². The van der Waals surface area contributed by atoms with Gasteiger partial charge in [0, 0.05) is 5.92 Å². The summed E-state index contributed by atoms with van der Waals surface area (Å²) in [5, 5.41) is 9.48. The minimum absolute atomic E-state index is 0.108. The van der Waals surface area contributed by atoms with Crippen LogP contribution in [0.2, 0.25) is 0 Å². The zero-order valence-corrected chi connectivity index (χ0v) is 7.82. The fourth-order valence-electron chi connectivity index (χ4n) is 2.42. The molecule has 1 saturated carbocycles. The van der Waals surface area contributed by atoms with E-state index in [-0.39, 0.29) is 17.8 Å². The molecule has 0 amide bonds. The van der Waals surface area contributed by atoms with Crippen LogP contribution >= 0.6 is 0 Å². The first-order chi connectivity index (χ1) is 6.09. The number of esters is 1. The highest BCUT2D eigenvalue weighted by atomic mass is 16.5. The van der Waals surface area contributed by atoms with E-state index in [1.54, 1.807) is 0 Å². The number of aliphatic hydroxyl groups excluding tert-OH is 1. The Morgan fingerprint density at radius 3 is 2.92 bits per heavy atom. The molecule has 0 bridgehead atoms. The maximum Gasteiger partial charge on any atom is 0.311 e. The quantitative estimate of drug-likeness (QED) is 0.583. The number of methoxy groups -OCH3 is 1. The van der Waals surface area contributed by atoms with Crippen molar-refractivity contribution < 1.29 is 19.4 Å². The van der Waals surface area contributed by atoms with Crippen LogP contribution in [0.3, 0.4) is 0 Å². The highest BCUT2D eigenvalue weighted by Gasteiger charge is 2.62. The summed E-state index contributed by atoms with van der Waals surface area (Å²) in [6, 6.07) is 0. The van der Waals surface area contributed by atoms with Crippen LogP contribution in [0.15, 0.2) is 0 Å². The van der Waals surface area contributed by atoms with Crippen LogP contribution in [0.25, 0.3) is 0 Å². The first kappa shape index (κ1) is 8.97. The van der Waals surface area contributed by atoms with Gasteiger partial charge in [0.2, 0.25) is 0 Å². The second kappa shape index (κ2) is 2.69. The molecule has 0 unspecified atom stereocenters. The summed E-state index contributed by atoms with van der Waals surface area (Å²) < 4.78 is 10.1. The molecule has 2 aliphatic rings. The van der Waals surface area contributed by atoms with Gasteiger partial charge >= 0.3 is 5.97 Å². The van der Waals surface area contributed by atoms with Gasteiger partial charge in [-0.1, -0.05) is 0 Å². The minimum atomic E-state index is -0.480. The Bertz CT molecular complexity index is 240. The van der Waals surface area contributed by atoms with Gasteiger partial charge in [0.25, 0.3) is 0 Å². The third-order valence-corrected chi connectivity index (χ3v) is 3.43. The van der Waals surface area contributed by atoms with Crippen LogP contribution < -0.4 is 0 Å². The number of fused-ring (bicyclic) bond motifs is 1. The number of carbonyl (C=O) groups excluding carboxylic acids is 1. The molecule has 0 radical (unpaired) electrons. The first-order valence-corrected chi connectivity index (χ1v) is 4.49. The van der Waals surface area contributed by atoms with Crippen molar-refractivity contribution in [3.63, 3.8) is 0 Å². The summed E-state index contributed by atoms with van der Waals surface area (Å²) in [6.07, 6.45) is 0.274. The second-order valence-electron chi connectivity index (χ2n) is 3.98. The fourth-order valence-corrected chi connectivity index (χ4v) is 2.42. The Morgan fingerprint density at radius 2 is 2.38 bits per heavy atom. The monoisotopic (exact) mass is 186 g/mol. The lowest BCUT2D eigenvalue weighted by molar-refractivity contribution is -0.178. The highest BCUT2D eigenvalue weighted by Crippen LogP contribution is 2.52. The van der Waals surface area contributed by atoms with E-state index in [4.69, 9.17) is 4.74 Å². The van der Waals surface area contributed by atoms with Crippen molar-refractivity contribution in [2.45, 2.75) is 25.0 Å². The normalized spacial score (nSPS) is 48.1. The van der Waals surface area contributed by atoms with Gasteiger partial charge in [0.1, 0.15) is 0 Å². The van der Waals surface area contributed by atoms with Crippen LogP contribution in [0, 0.1) is 11.8 Å². The molecule has 2 fully saturated rings. The van der Waals surface area contributed by atoms with Crippen molar-refractivity contribution >= 4 is 5.97 Å². The molecule has 2 rings (SSSR count). The molecule has 4 atom stereocenters. The summed E-state index contributed by atoms with van der Waals surface area (Å²) >= 11 is 0. The van der Waals surface area contributed by atoms with E-state index < -0.39 is 11.7 Å². The lowest BCUT2D eigenvalue weighted by Gasteiger charge is -2.47. The molecule has 1 aliphatic carbocycles. The maximum absolute atomic E-state index is 11.3. The van der Waals surface area contributed by atoms with Gasteiger partial charge in [-0.15, -0.1) is 0 Å². The summed E-state index contributed by atoms with van der Waals surface area (Å²) in [5.74, 6) is -0.316. The Kier molecular flexibility index (Phi) is 1.85. The standard InChI is InChI=1S/C9H14O4/c1-9-5(7(10)4-13-9)3-6(9)8(11)12-2/h5-7,10H,3-4H2,1-2H3/t5-,6-,7-,9+/m0/s1. The Balaban J connectivity index is 2.10. The molecule has 4 heteroatoms. The molecule has 74 valence electrons. The van der Waals surface area contributed by atoms with Crippen molar-refractivity contribution in [2.75, 3.05) is 13.7 Å². The number of ether oxygens (including phenoxy) is 2. The Morgan fingerprint density at radius 1 is 1.69 bits per heavy atom. The minimum Gasteiger partial charge on any atom is -0.469 e. The molecule has 4 nitrogen and oxygen atoms in total. The zero-order valence-electron chi connectivity index (χ0n) is 7.82. The van der Waals surface area contributed by atoms with Gasteiger partial charge in [-0.2, -0.15) is 0 Å². The Labute approximate surface area is 76.8 Å². The van der Waals surface area contributed by atoms with E-state index in [1.165, 1.54) is 7.11 Å². The number of rotatable bonds is 1. The van der Waals surface area contributed by atoms with Crippen molar-refractivity contribution in [1.82, 2.24) is 0 Å². The summed E-state index contributed by atoms with van der Waals surface area (Å²) in [7, 11) is 1.38. The number of hydrogen-bond acceptors (Lipinski definition) is 4. The largest absolute Gasteiger partial charge is 0.469 e. The lowest BCUT2D eigenvalue weighted by Crippen LogP contribution is -2.57. The van der Waals surface area contributed by atoms with Crippen molar-refractivity contribution in [3.8, 4) is 0 Å². The highest BCUT2D eigenvalue weighted by molar-refractivity contribution is 5.75. The van der Waals surface area contributed by atoms with Gasteiger partial charge < -0.3 is 14.6 Å². The predicted octanol–water partition coefficient (Wildman–Crippen LogP) is -0.0547. The molecule has 0 aromatic heterocycles. The average Bonchev–Trinajstić information content (AvgIpc) is 2.30. The first-order valence-electron chi connectivity index (χ1n) is 4.49. The second-order valence-corrected chi connectivity index (χ2v) is 3.98. The van der Waals surface area contributed by atoms with Crippen molar-refractivity contribution in [2.24, 2.45) is 11.8 Å². The van der Waals surface area contributed by atoms with Crippen LogP contribution in [0.1, 0.15) is 13.3 Å². The van der Waals surface area contributed by atoms with Gasteiger partial charge in [0.15, 0.2) is 0 Å². The summed E-state index contributed by atoms with van der Waals surface area (Å²) in [5.41, 5.74) is -0.480. The number of aliphatic hydroxyl groups is 1. The van der Waals surface area contributed by atoms with Crippen LogP contribution in [-0.2, 0) is 14.3 Å². The summed E-state index contributed by atoms with van der Waals surface area (Å²) in [4.78, 5) is 11.3. The van der Waals surface area contributed by atoms with E-state index in [9.17, 15) is 9.90 Å². The van der Waals surface area contributed by atoms with Crippen LogP contribution in [0.5, 0.6) is 0 Å². The van der Waals surface area contributed by atoms with E-state index in [2.05, 4.69) is 4.74 Å². The van der Waals surface area contributed by atoms with Crippen LogP contribution in [0.4, 0.5) is 0 Å². The molecular formula is C9H14O4. The van der Waals surface area contributed by atoms with E-state index in [0.717, 1.165) is 0 Å². The predicted molar refractivity (Wildman–Crippen MR) is 44.0 cm³/mol. The van der Waals surface area contributed by atoms with Gasteiger partial charge in [0.05, 0.1) is 31.3 Å². The van der Waals surface area contributed by atoms with Gasteiger partial charge in [-0.3, -0.25) is 4.79 Å². The average molecular weight is 186 g/mol. The number of hydrogen-bond donors (Lipinski definition) is 1. The third-order valence-electron chi connectivity index (χ3n) is 3.43. The Hall–Kier alpha value is -0.610. The molecule has 1 aliphatic heterocycles. The molecular weight excluding hydrogens is 172 g/mol. The molecule has 0 aromatic carbocycles. The molecule has 1 saturated heterocycles. The molecule has 1 N–H and O–H groups in total. The molecule has 13 heavy (non-hydrogen) atoms. The van der Waals surface area contributed by atoms with Crippen molar-refractivity contribution in [3.05, 3.63) is 0 Å². The topological polar surface area (TPSA) is 55.8 Å². The molecule has 0 spiro atoms. The molecule has 1 heterocycles. The van der Waals surface area contributed by atoms with E-state index in [0.29, 0.717) is 13.0 Å². The van der Waals surface area contributed by atoms with Gasteiger partial charge in [-0.05, 0) is 13.3 Å². The molecule has 0 aromatic rings. The fraction of sp³-hybridized carbons (Fsp3) is 0.889. The summed E-state index contributed by atoms with van der Waals surface area (Å²) in [6.45, 7) is 2.22. The maximum atomic E-state index is 11.3. The van der Waals surface area contributed by atoms with Gasteiger partial charge in [-0.25, -0.2) is 0 Å². The lowest BCUT2D eigenvalue weighted by atomic mass is 9.61. The SMILES string of the molecule is COC(=O)[C@@H]1C[C@H]2[C@@H](O)CO[C@@]12C.